The Morgan fingerprint density at radius 3 is 2.69 bits per heavy atom. The molecule has 13 heavy (non-hydrogen) atoms. The maximum atomic E-state index is 9.48. The van der Waals surface area contributed by atoms with Crippen LogP contribution in [0.5, 0.6) is 5.75 Å². The molecule has 0 heterocycles. The number of aromatic hydroxyl groups is 1. The molecule has 0 amide bonds. The number of rotatable bonds is 4. The molecule has 1 rings (SSSR count). The first-order valence-electron chi connectivity index (χ1n) is 4.38. The number of phenolic OH excluding ortho intramolecular Hbond substituents is 1. The van der Waals surface area contributed by atoms with Crippen molar-refractivity contribution in [1.29, 1.82) is 0 Å². The topological polar surface area (TPSA) is 52.5 Å². The van der Waals surface area contributed by atoms with Crippen molar-refractivity contribution < 1.29 is 10.2 Å². The van der Waals surface area contributed by atoms with E-state index in [9.17, 15) is 5.11 Å². The third-order valence-corrected chi connectivity index (χ3v) is 1.97. The van der Waals surface area contributed by atoms with Gasteiger partial charge in [0.1, 0.15) is 5.75 Å². The number of phenols is 1. The molecule has 0 aliphatic heterocycles. The lowest BCUT2D eigenvalue weighted by atomic mass is 10.1. The molecule has 3 nitrogen and oxygen atoms in total. The molecular weight excluding hydrogens is 166 g/mol. The minimum atomic E-state index is 0.0633. The smallest absolute Gasteiger partial charge is 0.120 e. The Morgan fingerprint density at radius 2 is 2.08 bits per heavy atom. The van der Waals surface area contributed by atoms with Crippen molar-refractivity contribution in [1.82, 2.24) is 5.32 Å². The Morgan fingerprint density at radius 1 is 1.38 bits per heavy atom. The van der Waals surface area contributed by atoms with Gasteiger partial charge in [0, 0.05) is 18.2 Å². The summed E-state index contributed by atoms with van der Waals surface area (Å²) >= 11 is 0. The fourth-order valence-corrected chi connectivity index (χ4v) is 1.24. The molecular formula is C10H15NO2. The molecule has 1 aromatic rings. The third kappa shape index (κ3) is 2.72. The van der Waals surface area contributed by atoms with E-state index < -0.39 is 0 Å². The lowest BCUT2D eigenvalue weighted by molar-refractivity contribution is 0.285. The van der Waals surface area contributed by atoms with Gasteiger partial charge >= 0.3 is 0 Å². The summed E-state index contributed by atoms with van der Waals surface area (Å²) in [5.41, 5.74) is 0.857. The maximum Gasteiger partial charge on any atom is 0.120 e. The fraction of sp³-hybridized carbons (Fsp3) is 0.400. The van der Waals surface area contributed by atoms with Crippen molar-refractivity contribution in [2.45, 2.75) is 13.0 Å². The molecule has 1 atom stereocenters. The van der Waals surface area contributed by atoms with Crippen molar-refractivity contribution in [3.8, 4) is 5.75 Å². The first-order chi connectivity index (χ1) is 6.25. The van der Waals surface area contributed by atoms with Crippen LogP contribution in [0.1, 0.15) is 18.5 Å². The summed E-state index contributed by atoms with van der Waals surface area (Å²) in [4.78, 5) is 0. The summed E-state index contributed by atoms with van der Waals surface area (Å²) < 4.78 is 0. The highest BCUT2D eigenvalue weighted by atomic mass is 16.3. The third-order valence-electron chi connectivity index (χ3n) is 1.97. The fourth-order valence-electron chi connectivity index (χ4n) is 1.24. The first-order valence-corrected chi connectivity index (χ1v) is 4.38. The molecule has 1 aromatic carbocycles. The average Bonchev–Trinajstić information content (AvgIpc) is 2.15. The van der Waals surface area contributed by atoms with Gasteiger partial charge in [-0.25, -0.2) is 0 Å². The van der Waals surface area contributed by atoms with E-state index in [0.717, 1.165) is 5.56 Å². The summed E-state index contributed by atoms with van der Waals surface area (Å²) in [5, 5.41) is 21.2. The molecule has 0 saturated carbocycles. The molecule has 72 valence electrons. The summed E-state index contributed by atoms with van der Waals surface area (Å²) in [7, 11) is 0. The highest BCUT2D eigenvalue weighted by Crippen LogP contribution is 2.22. The minimum Gasteiger partial charge on any atom is -0.508 e. The van der Waals surface area contributed by atoms with E-state index in [-0.39, 0.29) is 12.6 Å². The van der Waals surface area contributed by atoms with Crippen molar-refractivity contribution in [2.24, 2.45) is 0 Å². The summed E-state index contributed by atoms with van der Waals surface area (Å²) in [6, 6.07) is 7.26. The first kappa shape index (κ1) is 10.0. The number of hydrogen-bond donors (Lipinski definition) is 3. The van der Waals surface area contributed by atoms with Gasteiger partial charge in [-0.05, 0) is 13.0 Å². The highest BCUT2D eigenvalue weighted by molar-refractivity contribution is 5.33. The molecule has 1 unspecified atom stereocenters. The molecule has 0 spiro atoms. The van der Waals surface area contributed by atoms with Gasteiger partial charge in [0.15, 0.2) is 0 Å². The summed E-state index contributed by atoms with van der Waals surface area (Å²) in [6.45, 7) is 2.60. The van der Waals surface area contributed by atoms with Gasteiger partial charge in [0.25, 0.3) is 0 Å². The Kier molecular flexibility index (Phi) is 3.73. The van der Waals surface area contributed by atoms with Gasteiger partial charge in [0.05, 0.1) is 6.61 Å². The molecule has 0 aromatic heterocycles. The second-order valence-corrected chi connectivity index (χ2v) is 2.96. The second kappa shape index (κ2) is 4.84. The van der Waals surface area contributed by atoms with E-state index in [4.69, 9.17) is 5.11 Å². The molecule has 0 aliphatic carbocycles. The molecule has 0 radical (unpaired) electrons. The van der Waals surface area contributed by atoms with Crippen LogP contribution in [0.25, 0.3) is 0 Å². The van der Waals surface area contributed by atoms with E-state index in [2.05, 4.69) is 5.32 Å². The molecule has 0 fully saturated rings. The Hall–Kier alpha value is -1.06. The number of nitrogens with one attached hydrogen (secondary N) is 1. The highest BCUT2D eigenvalue weighted by Gasteiger charge is 2.07. The number of para-hydroxylation sites is 1. The predicted molar refractivity (Wildman–Crippen MR) is 51.6 cm³/mol. The quantitative estimate of drug-likeness (QED) is 0.650. The van der Waals surface area contributed by atoms with Crippen molar-refractivity contribution in [3.63, 3.8) is 0 Å². The molecule has 0 saturated heterocycles. The van der Waals surface area contributed by atoms with E-state index in [1.807, 2.05) is 19.1 Å². The Balaban J connectivity index is 2.65. The van der Waals surface area contributed by atoms with Crippen LogP contribution in [0.15, 0.2) is 24.3 Å². The van der Waals surface area contributed by atoms with Crippen molar-refractivity contribution in [2.75, 3.05) is 13.2 Å². The largest absolute Gasteiger partial charge is 0.508 e. The lowest BCUT2D eigenvalue weighted by Crippen LogP contribution is -2.22. The zero-order valence-electron chi connectivity index (χ0n) is 7.70. The average molecular weight is 181 g/mol. The molecule has 3 N–H and O–H groups in total. The summed E-state index contributed by atoms with van der Waals surface area (Å²) in [6.07, 6.45) is 0. The lowest BCUT2D eigenvalue weighted by Gasteiger charge is -2.14. The minimum absolute atomic E-state index is 0.0633. The molecule has 0 aliphatic rings. The number of hydrogen-bond acceptors (Lipinski definition) is 3. The van der Waals surface area contributed by atoms with Gasteiger partial charge < -0.3 is 15.5 Å². The van der Waals surface area contributed by atoms with Gasteiger partial charge in [-0.2, -0.15) is 0 Å². The van der Waals surface area contributed by atoms with Crippen LogP contribution in [-0.4, -0.2) is 23.4 Å². The summed E-state index contributed by atoms with van der Waals surface area (Å²) in [5.74, 6) is 0.292. The maximum absolute atomic E-state index is 9.48. The van der Waals surface area contributed by atoms with Crippen LogP contribution in [0.2, 0.25) is 0 Å². The van der Waals surface area contributed by atoms with Gasteiger partial charge in [-0.15, -0.1) is 0 Å². The standard InChI is InChI=1S/C10H15NO2/c1-8(11-6-7-12)9-4-2-3-5-10(9)13/h2-5,8,11-13H,6-7H2,1H3. The Bertz CT molecular complexity index is 263. The van der Waals surface area contributed by atoms with Crippen LogP contribution in [0.4, 0.5) is 0 Å². The molecule has 0 bridgehead atoms. The van der Waals surface area contributed by atoms with Crippen LogP contribution in [0.3, 0.4) is 0 Å². The molecule has 3 heteroatoms. The van der Waals surface area contributed by atoms with Gasteiger partial charge in [0.2, 0.25) is 0 Å². The zero-order valence-corrected chi connectivity index (χ0v) is 7.70. The van der Waals surface area contributed by atoms with Crippen LogP contribution >= 0.6 is 0 Å². The van der Waals surface area contributed by atoms with E-state index in [0.29, 0.717) is 12.3 Å². The van der Waals surface area contributed by atoms with Crippen LogP contribution < -0.4 is 5.32 Å². The zero-order chi connectivity index (χ0) is 9.68. The van der Waals surface area contributed by atoms with Crippen molar-refractivity contribution in [3.05, 3.63) is 29.8 Å². The monoisotopic (exact) mass is 181 g/mol. The normalized spacial score (nSPS) is 12.8. The number of benzene rings is 1. The number of aliphatic hydroxyl groups excluding tert-OH is 1. The predicted octanol–water partition coefficient (Wildman–Crippen LogP) is 1.04. The SMILES string of the molecule is CC(NCCO)c1ccccc1O. The van der Waals surface area contributed by atoms with E-state index in [1.165, 1.54) is 0 Å². The van der Waals surface area contributed by atoms with E-state index >= 15 is 0 Å². The van der Waals surface area contributed by atoms with E-state index in [1.54, 1.807) is 12.1 Å². The Labute approximate surface area is 78.0 Å². The number of aliphatic hydroxyl groups is 1. The second-order valence-electron chi connectivity index (χ2n) is 2.96. The van der Waals surface area contributed by atoms with Gasteiger partial charge in [-0.3, -0.25) is 0 Å². The van der Waals surface area contributed by atoms with Crippen molar-refractivity contribution >= 4 is 0 Å². The van der Waals surface area contributed by atoms with Crippen LogP contribution in [-0.2, 0) is 0 Å². The van der Waals surface area contributed by atoms with Gasteiger partial charge in [-0.1, -0.05) is 18.2 Å². The van der Waals surface area contributed by atoms with Crippen LogP contribution in [0, 0.1) is 0 Å².